The molecule has 8 heteroatoms. The van der Waals surface area contributed by atoms with Crippen LogP contribution in [0.25, 0.3) is 0 Å². The van der Waals surface area contributed by atoms with Gasteiger partial charge in [-0.1, -0.05) is 43.3 Å². The minimum atomic E-state index is -3.85. The Labute approximate surface area is 159 Å². The summed E-state index contributed by atoms with van der Waals surface area (Å²) in [4.78, 5) is 10.6. The van der Waals surface area contributed by atoms with Gasteiger partial charge < -0.3 is 5.73 Å². The highest BCUT2D eigenvalue weighted by Gasteiger charge is 2.40. The van der Waals surface area contributed by atoms with Gasteiger partial charge in [-0.05, 0) is 30.0 Å². The molecule has 2 aromatic rings. The van der Waals surface area contributed by atoms with Gasteiger partial charge in [0.25, 0.3) is 5.69 Å². The molecule has 2 atom stereocenters. The summed E-state index contributed by atoms with van der Waals surface area (Å²) in [6.07, 6.45) is 0.475. The van der Waals surface area contributed by atoms with E-state index in [9.17, 15) is 18.5 Å². The number of non-ortho nitro benzene ring substituents is 1. The first kappa shape index (κ1) is 19.5. The average molecular weight is 389 g/mol. The molecule has 27 heavy (non-hydrogen) atoms. The van der Waals surface area contributed by atoms with Gasteiger partial charge in [0.2, 0.25) is 10.0 Å². The summed E-state index contributed by atoms with van der Waals surface area (Å²) in [5.41, 5.74) is 7.33. The first-order valence-corrected chi connectivity index (χ1v) is 10.3. The molecule has 144 valence electrons. The Kier molecular flexibility index (Phi) is 5.59. The van der Waals surface area contributed by atoms with E-state index in [1.165, 1.54) is 22.5 Å². The zero-order valence-electron chi connectivity index (χ0n) is 15.1. The molecule has 7 nitrogen and oxygen atoms in total. The maximum absolute atomic E-state index is 13.3. The van der Waals surface area contributed by atoms with Crippen LogP contribution in [0.3, 0.4) is 0 Å². The molecule has 1 aliphatic heterocycles. The molecule has 1 heterocycles. The van der Waals surface area contributed by atoms with E-state index in [2.05, 4.69) is 0 Å². The van der Waals surface area contributed by atoms with Crippen molar-refractivity contribution in [2.24, 2.45) is 11.7 Å². The van der Waals surface area contributed by atoms with Gasteiger partial charge in [-0.25, -0.2) is 8.42 Å². The molecule has 0 radical (unpaired) electrons. The predicted octanol–water partition coefficient (Wildman–Crippen LogP) is 2.52. The number of aryl methyl sites for hydroxylation is 1. The van der Waals surface area contributed by atoms with Crippen LogP contribution in [0.2, 0.25) is 0 Å². The third kappa shape index (κ3) is 3.73. The molecule has 0 aliphatic carbocycles. The molecule has 1 aliphatic rings. The molecule has 0 saturated carbocycles. The molecule has 2 aromatic carbocycles. The second-order valence-electron chi connectivity index (χ2n) is 6.74. The summed E-state index contributed by atoms with van der Waals surface area (Å²) in [5.74, 6) is 0.0145. The topological polar surface area (TPSA) is 107 Å². The molecular weight excluding hydrogens is 366 g/mol. The summed E-state index contributed by atoms with van der Waals surface area (Å²) < 4.78 is 28.0. The van der Waals surface area contributed by atoms with Crippen LogP contribution in [-0.4, -0.2) is 37.3 Å². The molecular formula is C19H23N3O4S. The SMILES string of the molecule is CCc1ccc([N+](=O)[O-])cc1S(=O)(=O)N1C[C@@H](CN)[C@H](c2ccccc2)C1. The van der Waals surface area contributed by atoms with Gasteiger partial charge in [-0.2, -0.15) is 4.31 Å². The lowest BCUT2D eigenvalue weighted by molar-refractivity contribution is -0.385. The van der Waals surface area contributed by atoms with E-state index in [4.69, 9.17) is 5.73 Å². The number of hydrogen-bond acceptors (Lipinski definition) is 5. The summed E-state index contributed by atoms with van der Waals surface area (Å²) in [5, 5.41) is 11.1. The van der Waals surface area contributed by atoms with Crippen molar-refractivity contribution in [2.75, 3.05) is 19.6 Å². The second-order valence-corrected chi connectivity index (χ2v) is 8.64. The number of nitro benzene ring substituents is 1. The van der Waals surface area contributed by atoms with Gasteiger partial charge in [0.15, 0.2) is 0 Å². The minimum absolute atomic E-state index is 0.00551. The quantitative estimate of drug-likeness (QED) is 0.603. The number of hydrogen-bond donors (Lipinski definition) is 1. The van der Waals surface area contributed by atoms with Gasteiger partial charge in [0.05, 0.1) is 9.82 Å². The molecule has 3 rings (SSSR count). The van der Waals surface area contributed by atoms with Crippen LogP contribution < -0.4 is 5.73 Å². The molecule has 0 aromatic heterocycles. The normalized spacial score (nSPS) is 20.7. The van der Waals surface area contributed by atoms with Crippen molar-refractivity contribution >= 4 is 15.7 Å². The van der Waals surface area contributed by atoms with E-state index in [1.54, 1.807) is 0 Å². The zero-order chi connectivity index (χ0) is 19.6. The fourth-order valence-corrected chi connectivity index (χ4v) is 5.51. The smallest absolute Gasteiger partial charge is 0.270 e. The van der Waals surface area contributed by atoms with E-state index in [0.717, 1.165) is 5.56 Å². The molecule has 0 unspecified atom stereocenters. The van der Waals surface area contributed by atoms with Crippen molar-refractivity contribution in [1.82, 2.24) is 4.31 Å². The highest BCUT2D eigenvalue weighted by atomic mass is 32.2. The minimum Gasteiger partial charge on any atom is -0.330 e. The van der Waals surface area contributed by atoms with E-state index in [0.29, 0.717) is 31.6 Å². The third-order valence-electron chi connectivity index (χ3n) is 5.20. The van der Waals surface area contributed by atoms with Gasteiger partial charge >= 0.3 is 0 Å². The maximum atomic E-state index is 13.3. The van der Waals surface area contributed by atoms with Crippen LogP contribution >= 0.6 is 0 Å². The van der Waals surface area contributed by atoms with Gasteiger partial charge in [-0.3, -0.25) is 10.1 Å². The lowest BCUT2D eigenvalue weighted by Gasteiger charge is -2.18. The van der Waals surface area contributed by atoms with Crippen LogP contribution in [0.1, 0.15) is 24.0 Å². The van der Waals surface area contributed by atoms with Crippen molar-refractivity contribution in [1.29, 1.82) is 0 Å². The Balaban J connectivity index is 1.98. The number of benzene rings is 2. The zero-order valence-corrected chi connectivity index (χ0v) is 15.9. The van der Waals surface area contributed by atoms with Crippen LogP contribution in [-0.2, 0) is 16.4 Å². The fourth-order valence-electron chi connectivity index (χ4n) is 3.67. The molecule has 1 fully saturated rings. The summed E-state index contributed by atoms with van der Waals surface area (Å²) in [6.45, 7) is 2.84. The van der Waals surface area contributed by atoms with Crippen LogP contribution in [0.4, 0.5) is 5.69 Å². The average Bonchev–Trinajstić information content (AvgIpc) is 3.13. The molecule has 0 amide bonds. The molecule has 1 saturated heterocycles. The van der Waals surface area contributed by atoms with Crippen molar-refractivity contribution in [3.63, 3.8) is 0 Å². The standard InChI is InChI=1S/C19H23N3O4S/c1-2-14-8-9-17(22(23)24)10-19(14)27(25,26)21-12-16(11-20)18(13-21)15-6-4-3-5-7-15/h3-10,16,18H,2,11-13,20H2,1H3/t16-,18+/m1/s1. The number of sulfonamides is 1. The highest BCUT2D eigenvalue weighted by Crippen LogP contribution is 2.36. The summed E-state index contributed by atoms with van der Waals surface area (Å²) in [7, 11) is -3.85. The Morgan fingerprint density at radius 3 is 2.48 bits per heavy atom. The Hall–Kier alpha value is -2.29. The lowest BCUT2D eigenvalue weighted by atomic mass is 9.89. The Morgan fingerprint density at radius 1 is 1.19 bits per heavy atom. The third-order valence-corrected chi connectivity index (χ3v) is 7.11. The molecule has 0 spiro atoms. The van der Waals surface area contributed by atoms with Crippen LogP contribution in [0.5, 0.6) is 0 Å². The highest BCUT2D eigenvalue weighted by molar-refractivity contribution is 7.89. The summed E-state index contributed by atoms with van der Waals surface area (Å²) in [6, 6.07) is 13.8. The van der Waals surface area contributed by atoms with Crippen LogP contribution in [0.15, 0.2) is 53.4 Å². The fraction of sp³-hybridized carbons (Fsp3) is 0.368. The van der Waals surface area contributed by atoms with E-state index in [1.807, 2.05) is 37.3 Å². The number of nitrogens with zero attached hydrogens (tertiary/aromatic N) is 2. The van der Waals surface area contributed by atoms with Crippen molar-refractivity contribution in [3.05, 3.63) is 69.8 Å². The Bertz CT molecular complexity index is 931. The monoisotopic (exact) mass is 389 g/mol. The van der Waals surface area contributed by atoms with Crippen LogP contribution in [0, 0.1) is 16.0 Å². The van der Waals surface area contributed by atoms with Crippen molar-refractivity contribution < 1.29 is 13.3 Å². The lowest BCUT2D eigenvalue weighted by Crippen LogP contribution is -2.30. The van der Waals surface area contributed by atoms with Crippen molar-refractivity contribution in [2.45, 2.75) is 24.2 Å². The van der Waals surface area contributed by atoms with Gasteiger partial charge in [0, 0.05) is 31.1 Å². The first-order valence-electron chi connectivity index (χ1n) is 8.91. The first-order chi connectivity index (χ1) is 12.9. The molecule has 2 N–H and O–H groups in total. The summed E-state index contributed by atoms with van der Waals surface area (Å²) >= 11 is 0. The van der Waals surface area contributed by atoms with Crippen molar-refractivity contribution in [3.8, 4) is 0 Å². The Morgan fingerprint density at radius 2 is 1.89 bits per heavy atom. The van der Waals surface area contributed by atoms with Gasteiger partial charge in [0.1, 0.15) is 0 Å². The largest absolute Gasteiger partial charge is 0.330 e. The second kappa shape index (κ2) is 7.75. The number of nitrogens with two attached hydrogens (primary N) is 1. The van der Waals surface area contributed by atoms with Gasteiger partial charge in [-0.15, -0.1) is 0 Å². The van der Waals surface area contributed by atoms with E-state index in [-0.39, 0.29) is 22.4 Å². The van der Waals surface area contributed by atoms with E-state index >= 15 is 0 Å². The maximum Gasteiger partial charge on any atom is 0.270 e. The number of nitro groups is 1. The van der Waals surface area contributed by atoms with E-state index < -0.39 is 14.9 Å². The molecule has 0 bridgehead atoms. The predicted molar refractivity (Wildman–Crippen MR) is 103 cm³/mol. The number of rotatable bonds is 6.